The molecule has 1 aliphatic carbocycles. The fourth-order valence-electron chi connectivity index (χ4n) is 4.23. The molecule has 9 nitrogen and oxygen atoms in total. The van der Waals surface area contributed by atoms with Gasteiger partial charge in [-0.3, -0.25) is 13.8 Å². The number of hydrogen-bond donors (Lipinski definition) is 0. The monoisotopic (exact) mass is 469 g/mol. The van der Waals surface area contributed by atoms with Crippen LogP contribution in [0, 0.1) is 0 Å². The van der Waals surface area contributed by atoms with E-state index in [0.717, 1.165) is 23.7 Å². The Morgan fingerprint density at radius 3 is 2.48 bits per heavy atom. The molecular formula is C23H27N5O4S. The van der Waals surface area contributed by atoms with Gasteiger partial charge < -0.3 is 9.64 Å². The summed E-state index contributed by atoms with van der Waals surface area (Å²) in [6.07, 6.45) is 4.30. The summed E-state index contributed by atoms with van der Waals surface area (Å²) in [5.74, 6) is 0.393. The van der Waals surface area contributed by atoms with E-state index in [9.17, 15) is 13.2 Å². The zero-order valence-corrected chi connectivity index (χ0v) is 19.5. The molecule has 0 spiro atoms. The molecule has 2 fully saturated rings. The molecule has 1 aromatic carbocycles. The van der Waals surface area contributed by atoms with Crippen LogP contribution in [0.2, 0.25) is 0 Å². The highest BCUT2D eigenvalue weighted by Gasteiger charge is 2.39. The summed E-state index contributed by atoms with van der Waals surface area (Å²) in [4.78, 5) is 19.2. The summed E-state index contributed by atoms with van der Waals surface area (Å²) in [7, 11) is 0.102. The Morgan fingerprint density at radius 2 is 1.82 bits per heavy atom. The Morgan fingerprint density at radius 1 is 1.09 bits per heavy atom. The van der Waals surface area contributed by atoms with Gasteiger partial charge in [-0.05, 0) is 25.0 Å². The number of sulfonamides is 1. The Hall–Kier alpha value is -3.14. The molecule has 0 unspecified atom stereocenters. The normalized spacial score (nSPS) is 17.3. The molecule has 2 aromatic heterocycles. The summed E-state index contributed by atoms with van der Waals surface area (Å²) < 4.78 is 33.8. The SMILES string of the molecule is CN(c1ccc(OC2CCN(C(=O)c3nn(C)c4ccccc34)CC2)nc1)S(=O)(=O)C1CC1. The second-order valence-electron chi connectivity index (χ2n) is 8.67. The molecule has 0 radical (unpaired) electrons. The second-order valence-corrected chi connectivity index (χ2v) is 10.9. The van der Waals surface area contributed by atoms with E-state index in [2.05, 4.69) is 10.1 Å². The molecule has 10 heteroatoms. The summed E-state index contributed by atoms with van der Waals surface area (Å²) in [5.41, 5.74) is 1.94. The number of carbonyl (C=O) groups is 1. The van der Waals surface area contributed by atoms with Crippen LogP contribution in [0.15, 0.2) is 42.6 Å². The van der Waals surface area contributed by atoms with Crippen LogP contribution in [0.25, 0.3) is 10.9 Å². The number of piperidine rings is 1. The molecule has 0 atom stereocenters. The van der Waals surface area contributed by atoms with Gasteiger partial charge in [0.2, 0.25) is 15.9 Å². The summed E-state index contributed by atoms with van der Waals surface area (Å²) in [6.45, 7) is 1.16. The largest absolute Gasteiger partial charge is 0.474 e. The minimum absolute atomic E-state index is 0.0548. The lowest BCUT2D eigenvalue weighted by atomic mass is 10.1. The van der Waals surface area contributed by atoms with Gasteiger partial charge >= 0.3 is 0 Å². The number of para-hydroxylation sites is 1. The predicted octanol–water partition coefficient (Wildman–Crippen LogP) is 2.58. The van der Waals surface area contributed by atoms with Crippen molar-refractivity contribution in [2.75, 3.05) is 24.4 Å². The Labute approximate surface area is 193 Å². The van der Waals surface area contributed by atoms with Crippen LogP contribution in [-0.2, 0) is 17.1 Å². The number of ether oxygens (including phenoxy) is 1. The molecule has 174 valence electrons. The first-order chi connectivity index (χ1) is 15.8. The van der Waals surface area contributed by atoms with E-state index in [0.29, 0.717) is 43.2 Å². The Balaban J connectivity index is 1.19. The first-order valence-corrected chi connectivity index (χ1v) is 12.7. The molecular weight excluding hydrogens is 442 g/mol. The zero-order chi connectivity index (χ0) is 23.2. The van der Waals surface area contributed by atoms with Crippen LogP contribution in [0.5, 0.6) is 5.88 Å². The van der Waals surface area contributed by atoms with Crippen LogP contribution in [0.1, 0.15) is 36.2 Å². The number of fused-ring (bicyclic) bond motifs is 1. The minimum Gasteiger partial charge on any atom is -0.474 e. The van der Waals surface area contributed by atoms with Gasteiger partial charge in [0.25, 0.3) is 5.91 Å². The maximum absolute atomic E-state index is 13.1. The summed E-state index contributed by atoms with van der Waals surface area (Å²) in [5, 5.41) is 5.04. The highest BCUT2D eigenvalue weighted by atomic mass is 32.2. The van der Waals surface area contributed by atoms with Crippen molar-refractivity contribution in [1.29, 1.82) is 0 Å². The van der Waals surface area contributed by atoms with Crippen LogP contribution >= 0.6 is 0 Å². The predicted molar refractivity (Wildman–Crippen MR) is 125 cm³/mol. The third-order valence-corrected chi connectivity index (χ3v) is 8.68. The Bertz CT molecular complexity index is 1280. The van der Waals surface area contributed by atoms with Crippen LogP contribution in [0.4, 0.5) is 5.69 Å². The molecule has 1 saturated carbocycles. The van der Waals surface area contributed by atoms with Crippen molar-refractivity contribution >= 4 is 32.5 Å². The van der Waals surface area contributed by atoms with E-state index in [1.54, 1.807) is 23.9 Å². The van der Waals surface area contributed by atoms with Crippen molar-refractivity contribution in [3.63, 3.8) is 0 Å². The van der Waals surface area contributed by atoms with Gasteiger partial charge in [-0.15, -0.1) is 0 Å². The number of likely N-dealkylation sites (tertiary alicyclic amines) is 1. The lowest BCUT2D eigenvalue weighted by molar-refractivity contribution is 0.0583. The summed E-state index contributed by atoms with van der Waals surface area (Å²) in [6, 6.07) is 11.1. The number of rotatable bonds is 6. The smallest absolute Gasteiger partial charge is 0.275 e. The molecule has 33 heavy (non-hydrogen) atoms. The molecule has 0 bridgehead atoms. The van der Waals surface area contributed by atoms with Gasteiger partial charge in [0.1, 0.15) is 6.10 Å². The first-order valence-electron chi connectivity index (χ1n) is 11.2. The average Bonchev–Trinajstić information content (AvgIpc) is 3.64. The topological polar surface area (TPSA) is 97.6 Å². The number of anilines is 1. The third kappa shape index (κ3) is 4.15. The highest BCUT2D eigenvalue weighted by molar-refractivity contribution is 7.93. The van der Waals surface area contributed by atoms with Gasteiger partial charge in [-0.2, -0.15) is 5.10 Å². The van der Waals surface area contributed by atoms with E-state index < -0.39 is 10.0 Å². The first kappa shape index (κ1) is 21.7. The third-order valence-electron chi connectivity index (χ3n) is 6.39. The quantitative estimate of drug-likeness (QED) is 0.550. The Kier molecular flexibility index (Phi) is 5.48. The molecule has 0 N–H and O–H groups in total. The van der Waals surface area contributed by atoms with Crippen molar-refractivity contribution in [1.82, 2.24) is 19.7 Å². The lowest BCUT2D eigenvalue weighted by Gasteiger charge is -2.31. The molecule has 1 saturated heterocycles. The van der Waals surface area contributed by atoms with Crippen molar-refractivity contribution in [3.8, 4) is 5.88 Å². The standard InChI is InChI=1S/C23H27N5O4S/c1-26-20-6-4-3-5-19(20)22(25-26)23(29)28-13-11-17(12-14-28)32-21-10-7-16(15-24-21)27(2)33(30,31)18-8-9-18/h3-7,10,15,17-18H,8-9,11-14H2,1-2H3. The highest BCUT2D eigenvalue weighted by Crippen LogP contribution is 2.33. The van der Waals surface area contributed by atoms with Crippen molar-refractivity contribution in [3.05, 3.63) is 48.3 Å². The molecule has 3 aromatic rings. The van der Waals surface area contributed by atoms with Crippen molar-refractivity contribution < 1.29 is 17.9 Å². The number of carbonyl (C=O) groups excluding carboxylic acids is 1. The number of benzene rings is 1. The van der Waals surface area contributed by atoms with E-state index in [-0.39, 0.29) is 17.3 Å². The number of hydrogen-bond acceptors (Lipinski definition) is 6. The fraction of sp³-hybridized carbons (Fsp3) is 0.435. The van der Waals surface area contributed by atoms with Gasteiger partial charge in [0, 0.05) is 51.5 Å². The van der Waals surface area contributed by atoms with Gasteiger partial charge in [-0.1, -0.05) is 18.2 Å². The molecule has 1 aliphatic heterocycles. The number of amides is 1. The van der Waals surface area contributed by atoms with E-state index in [1.807, 2.05) is 36.2 Å². The van der Waals surface area contributed by atoms with Crippen LogP contribution < -0.4 is 9.04 Å². The number of nitrogens with zero attached hydrogens (tertiary/aromatic N) is 5. The van der Waals surface area contributed by atoms with E-state index in [4.69, 9.17) is 4.74 Å². The number of aromatic nitrogens is 3. The summed E-state index contributed by atoms with van der Waals surface area (Å²) >= 11 is 0. The van der Waals surface area contributed by atoms with Crippen molar-refractivity contribution in [2.45, 2.75) is 37.0 Å². The maximum Gasteiger partial charge on any atom is 0.275 e. The molecule has 2 aliphatic rings. The molecule has 1 amide bonds. The van der Waals surface area contributed by atoms with Gasteiger partial charge in [0.15, 0.2) is 5.69 Å². The average molecular weight is 470 g/mol. The molecule has 3 heterocycles. The lowest BCUT2D eigenvalue weighted by Crippen LogP contribution is -2.42. The fourth-order valence-corrected chi connectivity index (χ4v) is 5.81. The maximum atomic E-state index is 13.1. The van der Waals surface area contributed by atoms with Crippen LogP contribution in [0.3, 0.4) is 0 Å². The minimum atomic E-state index is -3.30. The van der Waals surface area contributed by atoms with Crippen molar-refractivity contribution in [2.24, 2.45) is 7.05 Å². The zero-order valence-electron chi connectivity index (χ0n) is 18.7. The van der Waals surface area contributed by atoms with Crippen LogP contribution in [-0.4, -0.2) is 65.5 Å². The second kappa shape index (κ2) is 8.33. The van der Waals surface area contributed by atoms with Gasteiger partial charge in [0.05, 0.1) is 22.7 Å². The van der Waals surface area contributed by atoms with Gasteiger partial charge in [-0.25, -0.2) is 13.4 Å². The molecule has 5 rings (SSSR count). The number of pyridine rings is 1. The van der Waals surface area contributed by atoms with E-state index >= 15 is 0 Å². The number of aryl methyl sites for hydroxylation is 1. The van der Waals surface area contributed by atoms with E-state index in [1.165, 1.54) is 10.5 Å².